The minimum atomic E-state index is -1.08. The number of fused-ring (bicyclic) bond motifs is 1. The highest BCUT2D eigenvalue weighted by Crippen LogP contribution is 2.23. The quantitative estimate of drug-likeness (QED) is 0.455. The standard InChI is InChI=1S/C18H32N4OSi/c1-24(2,3)12-11-23-13-14(15(20)7-6-10-19)18-21-16-8-4-5-9-17(16)22-18/h4-5,8-9,14-15H,6-7,10-13,19-20H2,1-3H3,(H,21,22). The summed E-state index contributed by atoms with van der Waals surface area (Å²) in [6, 6.07) is 9.24. The topological polar surface area (TPSA) is 89.9 Å². The Labute approximate surface area is 146 Å². The minimum Gasteiger partial charge on any atom is -0.381 e. The van der Waals surface area contributed by atoms with Gasteiger partial charge in [0.15, 0.2) is 0 Å². The second-order valence-corrected chi connectivity index (χ2v) is 13.3. The smallest absolute Gasteiger partial charge is 0.114 e. The first kappa shape index (κ1) is 19.1. The fraction of sp³-hybridized carbons (Fsp3) is 0.611. The normalized spacial score (nSPS) is 14.9. The third-order valence-electron chi connectivity index (χ3n) is 4.31. The summed E-state index contributed by atoms with van der Waals surface area (Å²) in [5.41, 5.74) is 14.1. The van der Waals surface area contributed by atoms with Gasteiger partial charge in [0.1, 0.15) is 5.82 Å². The van der Waals surface area contributed by atoms with E-state index in [1.54, 1.807) is 0 Å². The molecule has 1 heterocycles. The molecule has 0 saturated heterocycles. The van der Waals surface area contributed by atoms with Crippen LogP contribution >= 0.6 is 0 Å². The van der Waals surface area contributed by atoms with Crippen molar-refractivity contribution in [1.29, 1.82) is 0 Å². The molecule has 0 saturated carbocycles. The van der Waals surface area contributed by atoms with E-state index in [0.717, 1.165) is 42.4 Å². The number of hydrogen-bond donors (Lipinski definition) is 3. The molecule has 1 aromatic heterocycles. The summed E-state index contributed by atoms with van der Waals surface area (Å²) in [5, 5.41) is 0. The molecule has 2 atom stereocenters. The van der Waals surface area contributed by atoms with Crippen molar-refractivity contribution in [2.24, 2.45) is 11.5 Å². The van der Waals surface area contributed by atoms with Gasteiger partial charge in [-0.1, -0.05) is 31.8 Å². The summed E-state index contributed by atoms with van der Waals surface area (Å²) in [4.78, 5) is 8.15. The molecule has 24 heavy (non-hydrogen) atoms. The van der Waals surface area contributed by atoms with Crippen molar-refractivity contribution < 1.29 is 4.74 Å². The Hall–Kier alpha value is -1.21. The summed E-state index contributed by atoms with van der Waals surface area (Å²) in [6.07, 6.45) is 1.81. The van der Waals surface area contributed by atoms with Crippen LogP contribution in [-0.2, 0) is 4.74 Å². The van der Waals surface area contributed by atoms with Gasteiger partial charge in [-0.05, 0) is 37.6 Å². The molecule has 0 bridgehead atoms. The molecule has 0 fully saturated rings. The SMILES string of the molecule is C[Si](C)(C)CCOCC(c1nc2ccccc2[nH]1)C(N)CCCN. The molecule has 1 aromatic carbocycles. The Balaban J connectivity index is 2.07. The van der Waals surface area contributed by atoms with Gasteiger partial charge in [-0.3, -0.25) is 0 Å². The molecule has 0 spiro atoms. The summed E-state index contributed by atoms with van der Waals surface area (Å²) in [7, 11) is -1.08. The second kappa shape index (κ2) is 8.76. The molecule has 5 nitrogen and oxygen atoms in total. The van der Waals surface area contributed by atoms with E-state index in [1.165, 1.54) is 0 Å². The Bertz CT molecular complexity index is 590. The number of imidazole rings is 1. The fourth-order valence-corrected chi connectivity index (χ4v) is 3.45. The van der Waals surface area contributed by atoms with E-state index in [9.17, 15) is 0 Å². The molecule has 2 unspecified atom stereocenters. The third-order valence-corrected chi connectivity index (χ3v) is 6.02. The molecule has 0 amide bonds. The highest BCUT2D eigenvalue weighted by molar-refractivity contribution is 6.76. The van der Waals surface area contributed by atoms with Gasteiger partial charge in [0, 0.05) is 20.7 Å². The molecule has 0 aliphatic carbocycles. The summed E-state index contributed by atoms with van der Waals surface area (Å²) < 4.78 is 5.99. The maximum Gasteiger partial charge on any atom is 0.114 e. The number of nitrogens with two attached hydrogens (primary N) is 2. The summed E-state index contributed by atoms with van der Waals surface area (Å²) >= 11 is 0. The van der Waals surface area contributed by atoms with Crippen molar-refractivity contribution in [1.82, 2.24) is 9.97 Å². The highest BCUT2D eigenvalue weighted by atomic mass is 28.3. The zero-order chi connectivity index (χ0) is 17.6. The Morgan fingerprint density at radius 1 is 1.25 bits per heavy atom. The van der Waals surface area contributed by atoms with Crippen molar-refractivity contribution in [3.05, 3.63) is 30.1 Å². The lowest BCUT2D eigenvalue weighted by Gasteiger charge is -2.23. The maximum absolute atomic E-state index is 6.44. The molecule has 0 aliphatic rings. The van der Waals surface area contributed by atoms with Crippen LogP contribution in [0.5, 0.6) is 0 Å². The number of rotatable bonds is 10. The van der Waals surface area contributed by atoms with Crippen LogP contribution in [0, 0.1) is 0 Å². The van der Waals surface area contributed by atoms with Crippen molar-refractivity contribution in [2.75, 3.05) is 19.8 Å². The molecule has 0 radical (unpaired) electrons. The monoisotopic (exact) mass is 348 g/mol. The largest absolute Gasteiger partial charge is 0.381 e. The lowest BCUT2D eigenvalue weighted by molar-refractivity contribution is 0.121. The van der Waals surface area contributed by atoms with Crippen molar-refractivity contribution in [3.8, 4) is 0 Å². The number of ether oxygens (including phenoxy) is 1. The number of H-pyrrole nitrogens is 1. The number of nitrogens with one attached hydrogen (secondary N) is 1. The van der Waals surface area contributed by atoms with E-state index >= 15 is 0 Å². The highest BCUT2D eigenvalue weighted by Gasteiger charge is 2.24. The maximum atomic E-state index is 6.44. The minimum absolute atomic E-state index is 0.000920. The number of para-hydroxylation sites is 2. The average Bonchev–Trinajstić information content (AvgIpc) is 2.95. The van der Waals surface area contributed by atoms with E-state index in [-0.39, 0.29) is 12.0 Å². The molecule has 6 heteroatoms. The second-order valence-electron chi connectivity index (χ2n) is 7.73. The Morgan fingerprint density at radius 2 is 2.00 bits per heavy atom. The van der Waals surface area contributed by atoms with Crippen molar-refractivity contribution in [2.45, 2.75) is 50.5 Å². The lowest BCUT2D eigenvalue weighted by atomic mass is 9.96. The van der Waals surface area contributed by atoms with Crippen LogP contribution in [0.15, 0.2) is 24.3 Å². The van der Waals surface area contributed by atoms with Gasteiger partial charge < -0.3 is 21.2 Å². The van der Waals surface area contributed by atoms with Crippen LogP contribution in [0.2, 0.25) is 25.7 Å². The van der Waals surface area contributed by atoms with Gasteiger partial charge in [-0.25, -0.2) is 4.98 Å². The van der Waals surface area contributed by atoms with Gasteiger partial charge in [0.25, 0.3) is 0 Å². The van der Waals surface area contributed by atoms with Crippen LogP contribution in [0.25, 0.3) is 11.0 Å². The lowest BCUT2D eigenvalue weighted by Crippen LogP contribution is -2.33. The molecular formula is C18H32N4OSi. The zero-order valence-corrected chi connectivity index (χ0v) is 16.2. The summed E-state index contributed by atoms with van der Waals surface area (Å²) in [6.45, 7) is 9.16. The summed E-state index contributed by atoms with van der Waals surface area (Å²) in [5.74, 6) is 0.999. The molecule has 134 valence electrons. The number of aromatic amines is 1. The number of nitrogens with zero attached hydrogens (tertiary/aromatic N) is 1. The number of hydrogen-bond acceptors (Lipinski definition) is 4. The molecule has 2 aromatic rings. The average molecular weight is 349 g/mol. The molecule has 0 aliphatic heterocycles. The van der Waals surface area contributed by atoms with Gasteiger partial charge in [-0.2, -0.15) is 0 Å². The van der Waals surface area contributed by atoms with Gasteiger partial charge in [0.2, 0.25) is 0 Å². The Morgan fingerprint density at radius 3 is 2.67 bits per heavy atom. The number of aromatic nitrogens is 2. The predicted molar refractivity (Wildman–Crippen MR) is 104 cm³/mol. The van der Waals surface area contributed by atoms with Crippen LogP contribution in [0.1, 0.15) is 24.6 Å². The van der Waals surface area contributed by atoms with Crippen LogP contribution < -0.4 is 11.5 Å². The van der Waals surface area contributed by atoms with E-state index < -0.39 is 8.07 Å². The zero-order valence-electron chi connectivity index (χ0n) is 15.2. The number of benzene rings is 1. The van der Waals surface area contributed by atoms with Crippen molar-refractivity contribution in [3.63, 3.8) is 0 Å². The van der Waals surface area contributed by atoms with E-state index in [4.69, 9.17) is 21.2 Å². The molecule has 2 rings (SSSR count). The predicted octanol–water partition coefficient (Wildman–Crippen LogP) is 3.07. The van der Waals surface area contributed by atoms with Crippen LogP contribution in [-0.4, -0.2) is 43.8 Å². The van der Waals surface area contributed by atoms with Gasteiger partial charge in [0.05, 0.1) is 23.6 Å². The first-order chi connectivity index (χ1) is 11.4. The van der Waals surface area contributed by atoms with Gasteiger partial charge in [-0.15, -0.1) is 0 Å². The molecule has 5 N–H and O–H groups in total. The molecular weight excluding hydrogens is 316 g/mol. The van der Waals surface area contributed by atoms with Crippen LogP contribution in [0.3, 0.4) is 0 Å². The Kier molecular flexibility index (Phi) is 6.98. The van der Waals surface area contributed by atoms with Crippen LogP contribution in [0.4, 0.5) is 0 Å². The first-order valence-corrected chi connectivity index (χ1v) is 12.6. The van der Waals surface area contributed by atoms with E-state index in [2.05, 4.69) is 24.6 Å². The third kappa shape index (κ3) is 5.70. The van der Waals surface area contributed by atoms with Crippen molar-refractivity contribution >= 4 is 19.1 Å². The van der Waals surface area contributed by atoms with E-state index in [1.807, 2.05) is 24.3 Å². The first-order valence-electron chi connectivity index (χ1n) is 8.89. The fourth-order valence-electron chi connectivity index (χ4n) is 2.70. The van der Waals surface area contributed by atoms with Gasteiger partial charge >= 0.3 is 0 Å². The van der Waals surface area contributed by atoms with E-state index in [0.29, 0.717) is 13.2 Å².